The maximum Gasteiger partial charge on any atom is -0.0533 e. The minimum absolute atomic E-state index is 1.36. The van der Waals surface area contributed by atoms with Crippen LogP contribution in [-0.2, 0) is 0 Å². The standard InChI is InChI=1S/C12H26.C7H16/c1-3-5-7-9-11-12-10-8-6-4-2;1-3-5-7-6-4-2/h3-12H2,1-2H3;3-7H2,1-2H3. The number of rotatable bonds is 13. The van der Waals surface area contributed by atoms with Crippen LogP contribution in [0, 0.1) is 0 Å². The summed E-state index contributed by atoms with van der Waals surface area (Å²) in [6, 6.07) is 0. The summed E-state index contributed by atoms with van der Waals surface area (Å²) in [5.74, 6) is 0. The summed E-state index contributed by atoms with van der Waals surface area (Å²) in [6.07, 6.45) is 21.5. The highest BCUT2D eigenvalue weighted by atomic mass is 14.0. The van der Waals surface area contributed by atoms with Crippen molar-refractivity contribution in [1.82, 2.24) is 0 Å². The van der Waals surface area contributed by atoms with Gasteiger partial charge in [-0.1, -0.05) is 124 Å². The largest absolute Gasteiger partial charge is 0.0654 e. The summed E-state index contributed by atoms with van der Waals surface area (Å²) < 4.78 is 0. The van der Waals surface area contributed by atoms with Gasteiger partial charge in [0.2, 0.25) is 0 Å². The van der Waals surface area contributed by atoms with E-state index in [0.29, 0.717) is 0 Å². The first-order chi connectivity index (χ1) is 9.33. The summed E-state index contributed by atoms with van der Waals surface area (Å²) in [4.78, 5) is 0. The van der Waals surface area contributed by atoms with E-state index < -0.39 is 0 Å². The Bertz CT molecular complexity index is 103. The van der Waals surface area contributed by atoms with Crippen molar-refractivity contribution in [2.45, 2.75) is 124 Å². The molecule has 0 aliphatic rings. The highest BCUT2D eigenvalue weighted by molar-refractivity contribution is 4.45. The Labute approximate surface area is 124 Å². The fourth-order valence-electron chi connectivity index (χ4n) is 2.24. The number of hydrogen-bond acceptors (Lipinski definition) is 0. The molecular formula is C19H42. The zero-order chi connectivity index (χ0) is 14.6. The second-order valence-corrected chi connectivity index (χ2v) is 5.89. The monoisotopic (exact) mass is 270 g/mol. The zero-order valence-corrected chi connectivity index (χ0v) is 14.6. The first kappa shape index (κ1) is 21.3. The molecule has 0 amide bonds. The highest BCUT2D eigenvalue weighted by Crippen LogP contribution is 2.09. The third kappa shape index (κ3) is 27.3. The van der Waals surface area contributed by atoms with Crippen LogP contribution < -0.4 is 0 Å². The van der Waals surface area contributed by atoms with Crippen molar-refractivity contribution < 1.29 is 0 Å². The summed E-state index contributed by atoms with van der Waals surface area (Å²) in [5.41, 5.74) is 0. The first-order valence-electron chi connectivity index (χ1n) is 9.33. The first-order valence-corrected chi connectivity index (χ1v) is 9.33. The molecule has 0 aromatic rings. The molecule has 0 nitrogen and oxygen atoms in total. The van der Waals surface area contributed by atoms with E-state index in [-0.39, 0.29) is 0 Å². The topological polar surface area (TPSA) is 0 Å². The van der Waals surface area contributed by atoms with Gasteiger partial charge in [0.05, 0.1) is 0 Å². The molecule has 118 valence electrons. The molecule has 0 fully saturated rings. The fourth-order valence-corrected chi connectivity index (χ4v) is 2.24. The molecule has 0 aromatic heterocycles. The van der Waals surface area contributed by atoms with Crippen LogP contribution in [0.2, 0.25) is 0 Å². The molecule has 0 N–H and O–H groups in total. The SMILES string of the molecule is CCCCCCC.CCCCCCCCCCCC. The van der Waals surface area contributed by atoms with Gasteiger partial charge < -0.3 is 0 Å². The zero-order valence-electron chi connectivity index (χ0n) is 14.6. The van der Waals surface area contributed by atoms with Gasteiger partial charge in [0.15, 0.2) is 0 Å². The lowest BCUT2D eigenvalue weighted by Gasteiger charge is -1.99. The van der Waals surface area contributed by atoms with E-state index >= 15 is 0 Å². The molecule has 0 rings (SSSR count). The van der Waals surface area contributed by atoms with Crippen LogP contribution in [0.1, 0.15) is 124 Å². The van der Waals surface area contributed by atoms with Gasteiger partial charge in [-0.2, -0.15) is 0 Å². The summed E-state index contributed by atoms with van der Waals surface area (Å²) in [7, 11) is 0. The van der Waals surface area contributed by atoms with E-state index in [0.717, 1.165) is 0 Å². The molecule has 0 spiro atoms. The molecule has 0 atom stereocenters. The van der Waals surface area contributed by atoms with Crippen LogP contribution >= 0.6 is 0 Å². The average Bonchev–Trinajstić information content (AvgIpc) is 2.43. The van der Waals surface area contributed by atoms with E-state index in [1.165, 1.54) is 96.3 Å². The van der Waals surface area contributed by atoms with Crippen molar-refractivity contribution in [3.8, 4) is 0 Å². The van der Waals surface area contributed by atoms with Crippen LogP contribution in [0.25, 0.3) is 0 Å². The Morgan fingerprint density at radius 1 is 0.263 bits per heavy atom. The van der Waals surface area contributed by atoms with Gasteiger partial charge in [-0.25, -0.2) is 0 Å². The summed E-state index contributed by atoms with van der Waals surface area (Å²) in [6.45, 7) is 9.05. The van der Waals surface area contributed by atoms with Crippen molar-refractivity contribution in [3.05, 3.63) is 0 Å². The maximum atomic E-state index is 2.28. The van der Waals surface area contributed by atoms with Gasteiger partial charge in [-0.05, 0) is 0 Å². The highest BCUT2D eigenvalue weighted by Gasteiger charge is 1.90. The van der Waals surface area contributed by atoms with Gasteiger partial charge in [-0.15, -0.1) is 0 Å². The lowest BCUT2D eigenvalue weighted by molar-refractivity contribution is 0.562. The third-order valence-electron chi connectivity index (χ3n) is 3.66. The molecule has 0 saturated carbocycles. The van der Waals surface area contributed by atoms with Crippen LogP contribution in [-0.4, -0.2) is 0 Å². The van der Waals surface area contributed by atoms with Crippen molar-refractivity contribution >= 4 is 0 Å². The van der Waals surface area contributed by atoms with Gasteiger partial charge >= 0.3 is 0 Å². The van der Waals surface area contributed by atoms with Crippen LogP contribution in [0.15, 0.2) is 0 Å². The molecular weight excluding hydrogens is 228 g/mol. The molecule has 0 aliphatic carbocycles. The maximum absolute atomic E-state index is 2.28. The van der Waals surface area contributed by atoms with E-state index in [4.69, 9.17) is 0 Å². The normalized spacial score (nSPS) is 10.1. The van der Waals surface area contributed by atoms with E-state index in [1.54, 1.807) is 0 Å². The molecule has 0 unspecified atom stereocenters. The minimum atomic E-state index is 1.36. The predicted molar refractivity (Wildman–Crippen MR) is 92.0 cm³/mol. The Kier molecular flexibility index (Phi) is 25.9. The van der Waals surface area contributed by atoms with Gasteiger partial charge in [0.1, 0.15) is 0 Å². The van der Waals surface area contributed by atoms with Gasteiger partial charge in [-0.3, -0.25) is 0 Å². The molecule has 0 heteroatoms. The molecule has 0 aromatic carbocycles. The molecule has 19 heavy (non-hydrogen) atoms. The Balaban J connectivity index is 0. The van der Waals surface area contributed by atoms with Crippen molar-refractivity contribution in [1.29, 1.82) is 0 Å². The van der Waals surface area contributed by atoms with Crippen molar-refractivity contribution in [2.75, 3.05) is 0 Å². The lowest BCUT2D eigenvalue weighted by Crippen LogP contribution is -1.80. The van der Waals surface area contributed by atoms with Crippen LogP contribution in [0.4, 0.5) is 0 Å². The van der Waals surface area contributed by atoms with E-state index in [9.17, 15) is 0 Å². The predicted octanol–water partition coefficient (Wildman–Crippen LogP) is 7.90. The minimum Gasteiger partial charge on any atom is -0.0654 e. The number of hydrogen-bond donors (Lipinski definition) is 0. The Hall–Kier alpha value is 0. The van der Waals surface area contributed by atoms with Crippen molar-refractivity contribution in [3.63, 3.8) is 0 Å². The average molecular weight is 271 g/mol. The van der Waals surface area contributed by atoms with Crippen LogP contribution in [0.3, 0.4) is 0 Å². The quantitative estimate of drug-likeness (QED) is 0.298. The fraction of sp³-hybridized carbons (Fsp3) is 1.00. The Morgan fingerprint density at radius 3 is 0.632 bits per heavy atom. The summed E-state index contributed by atoms with van der Waals surface area (Å²) in [5, 5.41) is 0. The smallest absolute Gasteiger partial charge is 0.0533 e. The van der Waals surface area contributed by atoms with Gasteiger partial charge in [0, 0.05) is 0 Å². The molecule has 0 bridgehead atoms. The second-order valence-electron chi connectivity index (χ2n) is 5.89. The van der Waals surface area contributed by atoms with E-state index in [1.807, 2.05) is 0 Å². The molecule has 0 saturated heterocycles. The molecule has 0 heterocycles. The number of unbranched alkanes of at least 4 members (excludes halogenated alkanes) is 13. The summed E-state index contributed by atoms with van der Waals surface area (Å²) >= 11 is 0. The van der Waals surface area contributed by atoms with Crippen molar-refractivity contribution in [2.24, 2.45) is 0 Å². The van der Waals surface area contributed by atoms with E-state index in [2.05, 4.69) is 27.7 Å². The lowest BCUT2D eigenvalue weighted by atomic mass is 10.1. The molecule has 0 aliphatic heterocycles. The Morgan fingerprint density at radius 2 is 0.421 bits per heavy atom. The molecule has 0 radical (unpaired) electrons. The van der Waals surface area contributed by atoms with Crippen LogP contribution in [0.5, 0.6) is 0 Å². The second kappa shape index (κ2) is 23.1. The van der Waals surface area contributed by atoms with Gasteiger partial charge in [0.25, 0.3) is 0 Å². The third-order valence-corrected chi connectivity index (χ3v) is 3.66.